The van der Waals surface area contributed by atoms with Gasteiger partial charge in [-0.3, -0.25) is 0 Å². The van der Waals surface area contributed by atoms with Crippen molar-refractivity contribution in [3.8, 4) is 6.07 Å². The number of nitrogens with one attached hydrogen (secondary N) is 1. The van der Waals surface area contributed by atoms with Crippen LogP contribution in [0.15, 0.2) is 17.5 Å². The van der Waals surface area contributed by atoms with Crippen LogP contribution in [0.5, 0.6) is 0 Å². The zero-order chi connectivity index (χ0) is 13.9. The zero-order valence-corrected chi connectivity index (χ0v) is 12.4. The van der Waals surface area contributed by atoms with Crippen LogP contribution in [-0.2, 0) is 19.4 Å². The van der Waals surface area contributed by atoms with Crippen LogP contribution < -0.4 is 5.32 Å². The number of anilines is 1. The van der Waals surface area contributed by atoms with E-state index >= 15 is 0 Å². The van der Waals surface area contributed by atoms with Crippen molar-refractivity contribution in [1.29, 1.82) is 5.26 Å². The van der Waals surface area contributed by atoms with Crippen LogP contribution in [0.4, 0.5) is 5.82 Å². The normalized spacial score (nSPS) is 13.6. The van der Waals surface area contributed by atoms with Crippen molar-refractivity contribution in [3.63, 3.8) is 0 Å². The van der Waals surface area contributed by atoms with Gasteiger partial charge in [-0.05, 0) is 61.2 Å². The first kappa shape index (κ1) is 13.1. The molecule has 2 aromatic rings. The lowest BCUT2D eigenvalue weighted by molar-refractivity contribution is 0.668. The second-order valence-electron chi connectivity index (χ2n) is 5.19. The van der Waals surface area contributed by atoms with Crippen LogP contribution in [-0.4, -0.2) is 4.98 Å². The highest BCUT2D eigenvalue weighted by molar-refractivity contribution is 7.10. The van der Waals surface area contributed by atoms with Crippen LogP contribution in [0.25, 0.3) is 0 Å². The maximum Gasteiger partial charge on any atom is 0.144 e. The molecule has 0 spiro atoms. The maximum absolute atomic E-state index is 9.30. The summed E-state index contributed by atoms with van der Waals surface area (Å²) in [5, 5.41) is 14.7. The third-order valence-corrected chi connectivity index (χ3v) is 4.83. The molecule has 0 radical (unpaired) electrons. The molecule has 0 saturated carbocycles. The average Bonchev–Trinajstić information content (AvgIpc) is 2.89. The van der Waals surface area contributed by atoms with Crippen LogP contribution in [0.2, 0.25) is 0 Å². The molecule has 3 rings (SSSR count). The van der Waals surface area contributed by atoms with Gasteiger partial charge in [0, 0.05) is 10.6 Å². The number of aryl methyl sites for hydroxylation is 3. The van der Waals surface area contributed by atoms with E-state index in [0.29, 0.717) is 5.56 Å². The summed E-state index contributed by atoms with van der Waals surface area (Å²) in [7, 11) is 0. The summed E-state index contributed by atoms with van der Waals surface area (Å²) >= 11 is 1.74. The van der Waals surface area contributed by atoms with Crippen molar-refractivity contribution in [1.82, 2.24) is 4.98 Å². The molecule has 0 bridgehead atoms. The fourth-order valence-corrected chi connectivity index (χ4v) is 3.45. The zero-order valence-electron chi connectivity index (χ0n) is 11.6. The molecular weight excluding hydrogens is 266 g/mol. The van der Waals surface area contributed by atoms with E-state index in [1.54, 1.807) is 11.3 Å². The third-order valence-electron chi connectivity index (χ3n) is 3.81. The van der Waals surface area contributed by atoms with E-state index in [4.69, 9.17) is 0 Å². The number of rotatable bonds is 3. The molecule has 3 nitrogen and oxygen atoms in total. The van der Waals surface area contributed by atoms with Crippen molar-refractivity contribution in [2.45, 2.75) is 39.2 Å². The number of hydrogen-bond acceptors (Lipinski definition) is 4. The summed E-state index contributed by atoms with van der Waals surface area (Å²) in [4.78, 5) is 5.98. The average molecular weight is 283 g/mol. The summed E-state index contributed by atoms with van der Waals surface area (Å²) in [5.74, 6) is 0.737. The Morgan fingerprint density at radius 2 is 2.25 bits per heavy atom. The lowest BCUT2D eigenvalue weighted by atomic mass is 9.95. The Bertz CT molecular complexity index is 667. The van der Waals surface area contributed by atoms with Gasteiger partial charge in [-0.2, -0.15) is 5.26 Å². The Labute approximate surface area is 123 Å². The van der Waals surface area contributed by atoms with Crippen molar-refractivity contribution in [3.05, 3.63) is 44.8 Å². The lowest BCUT2D eigenvalue weighted by Gasteiger charge is -2.17. The summed E-state index contributed by atoms with van der Waals surface area (Å²) in [6.07, 6.45) is 4.51. The minimum atomic E-state index is 0.667. The Kier molecular flexibility index (Phi) is 3.70. The first-order valence-electron chi connectivity index (χ1n) is 6.97. The molecule has 0 aliphatic heterocycles. The van der Waals surface area contributed by atoms with Crippen LogP contribution in [0, 0.1) is 18.3 Å². The van der Waals surface area contributed by atoms with Gasteiger partial charge in [-0.1, -0.05) is 0 Å². The van der Waals surface area contributed by atoms with E-state index < -0.39 is 0 Å². The number of pyridine rings is 1. The van der Waals surface area contributed by atoms with Crippen molar-refractivity contribution in [2.75, 3.05) is 5.32 Å². The Morgan fingerprint density at radius 3 is 3.00 bits per heavy atom. The van der Waals surface area contributed by atoms with Gasteiger partial charge in [0.05, 0.1) is 12.1 Å². The van der Waals surface area contributed by atoms with Gasteiger partial charge < -0.3 is 5.32 Å². The van der Waals surface area contributed by atoms with Crippen LogP contribution >= 0.6 is 11.3 Å². The third kappa shape index (κ3) is 2.54. The number of nitrogens with zero attached hydrogens (tertiary/aromatic N) is 2. The second-order valence-corrected chi connectivity index (χ2v) is 6.19. The van der Waals surface area contributed by atoms with E-state index in [0.717, 1.165) is 25.2 Å². The van der Waals surface area contributed by atoms with E-state index in [2.05, 4.69) is 34.7 Å². The standard InChI is InChI=1S/C16H17N3S/c1-11-6-7-20-15(11)10-18-16-13(9-17)8-12-4-2-3-5-14(12)19-16/h6-8H,2-5,10H2,1H3,(H,18,19). The quantitative estimate of drug-likeness (QED) is 0.931. The number of thiophene rings is 1. The molecule has 4 heteroatoms. The topological polar surface area (TPSA) is 48.7 Å². The molecule has 2 aromatic heterocycles. The fourth-order valence-electron chi connectivity index (χ4n) is 2.60. The lowest BCUT2D eigenvalue weighted by Crippen LogP contribution is -2.10. The highest BCUT2D eigenvalue weighted by Crippen LogP contribution is 2.25. The smallest absolute Gasteiger partial charge is 0.144 e. The maximum atomic E-state index is 9.30. The molecule has 0 saturated heterocycles. The van der Waals surface area contributed by atoms with Crippen LogP contribution in [0.3, 0.4) is 0 Å². The van der Waals surface area contributed by atoms with E-state index in [1.165, 1.54) is 34.5 Å². The van der Waals surface area contributed by atoms with Gasteiger partial charge in [-0.15, -0.1) is 11.3 Å². The molecule has 0 aromatic carbocycles. The first-order chi connectivity index (χ1) is 9.78. The molecule has 1 aliphatic rings. The van der Waals surface area contributed by atoms with Crippen molar-refractivity contribution in [2.24, 2.45) is 0 Å². The van der Waals surface area contributed by atoms with E-state index in [9.17, 15) is 5.26 Å². The molecule has 0 fully saturated rings. The molecule has 102 valence electrons. The van der Waals surface area contributed by atoms with E-state index in [1.807, 2.05) is 6.07 Å². The van der Waals surface area contributed by atoms with Gasteiger partial charge >= 0.3 is 0 Å². The SMILES string of the molecule is Cc1ccsc1CNc1nc2c(cc1C#N)CCCC2. The monoisotopic (exact) mass is 283 g/mol. The summed E-state index contributed by atoms with van der Waals surface area (Å²) in [5.41, 5.74) is 4.38. The second kappa shape index (κ2) is 5.64. The summed E-state index contributed by atoms with van der Waals surface area (Å²) < 4.78 is 0. The van der Waals surface area contributed by atoms with E-state index in [-0.39, 0.29) is 0 Å². The molecule has 1 N–H and O–H groups in total. The number of aromatic nitrogens is 1. The molecule has 0 amide bonds. The highest BCUT2D eigenvalue weighted by Gasteiger charge is 2.15. The van der Waals surface area contributed by atoms with Gasteiger partial charge in [0.1, 0.15) is 11.9 Å². The van der Waals surface area contributed by atoms with Gasteiger partial charge in [0.25, 0.3) is 0 Å². The number of hydrogen-bond donors (Lipinski definition) is 1. The molecule has 1 aliphatic carbocycles. The van der Waals surface area contributed by atoms with Gasteiger partial charge in [-0.25, -0.2) is 4.98 Å². The number of nitriles is 1. The predicted octanol–water partition coefficient (Wildman–Crippen LogP) is 3.81. The minimum Gasteiger partial charge on any atom is -0.364 e. The Balaban J connectivity index is 1.85. The first-order valence-corrected chi connectivity index (χ1v) is 7.85. The molecule has 20 heavy (non-hydrogen) atoms. The summed E-state index contributed by atoms with van der Waals surface area (Å²) in [6.45, 7) is 2.85. The Hall–Kier alpha value is -1.86. The molecular formula is C16H17N3S. The Morgan fingerprint density at radius 1 is 1.40 bits per heavy atom. The van der Waals surface area contributed by atoms with Crippen molar-refractivity contribution >= 4 is 17.2 Å². The summed E-state index contributed by atoms with van der Waals surface area (Å²) in [6, 6.07) is 6.41. The van der Waals surface area contributed by atoms with Crippen LogP contribution in [0.1, 0.15) is 40.1 Å². The predicted molar refractivity (Wildman–Crippen MR) is 82.0 cm³/mol. The number of fused-ring (bicyclic) bond motifs is 1. The van der Waals surface area contributed by atoms with Gasteiger partial charge in [0.15, 0.2) is 0 Å². The van der Waals surface area contributed by atoms with Crippen molar-refractivity contribution < 1.29 is 0 Å². The highest BCUT2D eigenvalue weighted by atomic mass is 32.1. The molecule has 2 heterocycles. The molecule has 0 atom stereocenters. The van der Waals surface area contributed by atoms with Gasteiger partial charge in [0.2, 0.25) is 0 Å². The fraction of sp³-hybridized carbons (Fsp3) is 0.375. The minimum absolute atomic E-state index is 0.667. The largest absolute Gasteiger partial charge is 0.364 e. The molecule has 0 unspecified atom stereocenters.